The van der Waals surface area contributed by atoms with E-state index in [0.29, 0.717) is 0 Å². The van der Waals surface area contributed by atoms with E-state index in [0.717, 1.165) is 44.0 Å². The van der Waals surface area contributed by atoms with Crippen molar-refractivity contribution in [2.24, 2.45) is 0 Å². The Balaban J connectivity index is 1.17. The lowest BCUT2D eigenvalue weighted by Gasteiger charge is -2.18. The summed E-state index contributed by atoms with van der Waals surface area (Å²) >= 11 is 1.86. The molecule has 3 aromatic heterocycles. The Hall–Kier alpha value is -7.20. The molecule has 264 valence electrons. The second-order valence-corrected chi connectivity index (χ2v) is 16.2. The standard InChI is InChI=1S/C54H30O2S/c1-2-15-33-28-46-42(27-32(33)14-1)51-41(24-12-25-45(51)56-46)49-36-18-5-7-20-38(36)50(39-21-8-6-19-37(39)49)43-29-48-52(40-22-9-10-26-47(40)57-48)53-44(30-55-54(43)53)35-23-11-16-31-13-3-4-17-34(31)35/h1-30H. The molecular weight excluding hydrogens is 713 g/mol. The van der Waals surface area contributed by atoms with Gasteiger partial charge in [-0.05, 0) is 90.1 Å². The number of rotatable bonds is 3. The number of benzene rings is 10. The van der Waals surface area contributed by atoms with Crippen LogP contribution in [0.1, 0.15) is 0 Å². The van der Waals surface area contributed by atoms with Crippen LogP contribution in [0, 0.1) is 0 Å². The van der Waals surface area contributed by atoms with Crippen molar-refractivity contribution in [2.45, 2.75) is 0 Å². The molecular formula is C54H30O2S. The van der Waals surface area contributed by atoms with Gasteiger partial charge in [0.15, 0.2) is 0 Å². The van der Waals surface area contributed by atoms with E-state index in [4.69, 9.17) is 8.83 Å². The molecule has 57 heavy (non-hydrogen) atoms. The zero-order valence-electron chi connectivity index (χ0n) is 30.5. The molecule has 0 fully saturated rings. The maximum atomic E-state index is 6.90. The number of thiophene rings is 1. The van der Waals surface area contributed by atoms with E-state index in [2.05, 4.69) is 176 Å². The van der Waals surface area contributed by atoms with Crippen molar-refractivity contribution in [3.8, 4) is 33.4 Å². The molecule has 0 atom stereocenters. The normalized spacial score (nSPS) is 12.2. The minimum Gasteiger partial charge on any atom is -0.463 e. The summed E-state index contributed by atoms with van der Waals surface area (Å²) in [6.07, 6.45) is 2.00. The molecule has 13 aromatic rings. The summed E-state index contributed by atoms with van der Waals surface area (Å²) in [4.78, 5) is 0. The predicted molar refractivity (Wildman–Crippen MR) is 243 cm³/mol. The van der Waals surface area contributed by atoms with Gasteiger partial charge >= 0.3 is 0 Å². The van der Waals surface area contributed by atoms with Crippen LogP contribution < -0.4 is 0 Å². The SMILES string of the molecule is c1ccc2cc3c(cc2c1)oc1cccc(-c2c4ccccc4c(-c4cc5sc6ccccc6c5c5c(-c6cccc7ccccc67)coc45)c4ccccc24)c13. The molecule has 0 aliphatic carbocycles. The molecule has 0 aliphatic heterocycles. The minimum atomic E-state index is 0.892. The lowest BCUT2D eigenvalue weighted by atomic mass is 9.84. The van der Waals surface area contributed by atoms with E-state index < -0.39 is 0 Å². The maximum Gasteiger partial charge on any atom is 0.143 e. The highest BCUT2D eigenvalue weighted by Gasteiger charge is 2.25. The topological polar surface area (TPSA) is 26.3 Å². The second kappa shape index (κ2) is 11.7. The van der Waals surface area contributed by atoms with E-state index in [-0.39, 0.29) is 0 Å². The fourth-order valence-corrected chi connectivity index (χ4v) is 10.9. The van der Waals surface area contributed by atoms with Crippen molar-refractivity contribution < 1.29 is 8.83 Å². The molecule has 0 saturated heterocycles. The predicted octanol–water partition coefficient (Wildman–Crippen LogP) is 16.3. The van der Waals surface area contributed by atoms with Crippen LogP contribution in [0.3, 0.4) is 0 Å². The zero-order chi connectivity index (χ0) is 37.2. The Morgan fingerprint density at radius 1 is 0.333 bits per heavy atom. The van der Waals surface area contributed by atoms with Crippen LogP contribution in [-0.4, -0.2) is 0 Å². The van der Waals surface area contributed by atoms with E-state index in [1.807, 2.05) is 17.6 Å². The molecule has 0 aliphatic rings. The number of hydrogen-bond acceptors (Lipinski definition) is 3. The Morgan fingerprint density at radius 3 is 1.67 bits per heavy atom. The van der Waals surface area contributed by atoms with Gasteiger partial charge in [-0.1, -0.05) is 146 Å². The largest absolute Gasteiger partial charge is 0.463 e. The van der Waals surface area contributed by atoms with Crippen molar-refractivity contribution in [1.29, 1.82) is 0 Å². The van der Waals surface area contributed by atoms with Crippen molar-refractivity contribution in [3.63, 3.8) is 0 Å². The number of furan rings is 2. The van der Waals surface area contributed by atoms with Gasteiger partial charge in [-0.3, -0.25) is 0 Å². The van der Waals surface area contributed by atoms with Crippen LogP contribution in [0.5, 0.6) is 0 Å². The first-order chi connectivity index (χ1) is 28.3. The number of hydrogen-bond donors (Lipinski definition) is 0. The van der Waals surface area contributed by atoms with E-state index >= 15 is 0 Å². The van der Waals surface area contributed by atoms with Gasteiger partial charge in [0, 0.05) is 53.0 Å². The van der Waals surface area contributed by atoms with Crippen LogP contribution >= 0.6 is 11.3 Å². The lowest BCUT2D eigenvalue weighted by Crippen LogP contribution is -1.92. The Labute approximate surface area is 330 Å². The van der Waals surface area contributed by atoms with Gasteiger partial charge in [-0.2, -0.15) is 0 Å². The van der Waals surface area contributed by atoms with Gasteiger partial charge in [0.25, 0.3) is 0 Å². The summed E-state index contributed by atoms with van der Waals surface area (Å²) in [5.41, 5.74) is 9.67. The quantitative estimate of drug-likeness (QED) is 0.169. The van der Waals surface area contributed by atoms with E-state index in [9.17, 15) is 0 Å². The molecule has 0 unspecified atom stereocenters. The summed E-state index contributed by atoms with van der Waals surface area (Å²) in [5.74, 6) is 0. The highest BCUT2D eigenvalue weighted by molar-refractivity contribution is 7.26. The third kappa shape index (κ3) is 4.35. The molecule has 0 saturated carbocycles. The average Bonchev–Trinajstić information content (AvgIpc) is 3.97. The average molecular weight is 743 g/mol. The van der Waals surface area contributed by atoms with Crippen molar-refractivity contribution in [3.05, 3.63) is 182 Å². The third-order valence-electron chi connectivity index (χ3n) is 12.1. The number of fused-ring (bicyclic) bond motifs is 12. The van der Waals surface area contributed by atoms with Gasteiger partial charge in [0.05, 0.1) is 6.26 Å². The van der Waals surface area contributed by atoms with Crippen LogP contribution in [0.25, 0.3) is 130 Å². The highest BCUT2D eigenvalue weighted by Crippen LogP contribution is 2.52. The summed E-state index contributed by atoms with van der Waals surface area (Å²) < 4.78 is 16.0. The molecule has 13 rings (SSSR count). The summed E-state index contributed by atoms with van der Waals surface area (Å²) in [6, 6.07) is 63.8. The van der Waals surface area contributed by atoms with Crippen molar-refractivity contribution >= 4 is 108 Å². The fraction of sp³-hybridized carbons (Fsp3) is 0. The molecule has 3 heterocycles. The lowest BCUT2D eigenvalue weighted by molar-refractivity contribution is 0.618. The van der Waals surface area contributed by atoms with Gasteiger partial charge in [0.2, 0.25) is 0 Å². The Bertz CT molecular complexity index is 3760. The van der Waals surface area contributed by atoms with E-state index in [1.165, 1.54) is 85.5 Å². The highest BCUT2D eigenvalue weighted by atomic mass is 32.1. The molecule has 0 bridgehead atoms. The van der Waals surface area contributed by atoms with Gasteiger partial charge < -0.3 is 8.83 Å². The van der Waals surface area contributed by atoms with Gasteiger partial charge in [-0.15, -0.1) is 11.3 Å². The minimum absolute atomic E-state index is 0.892. The van der Waals surface area contributed by atoms with Crippen molar-refractivity contribution in [1.82, 2.24) is 0 Å². The molecule has 2 nitrogen and oxygen atoms in total. The first-order valence-electron chi connectivity index (χ1n) is 19.4. The first-order valence-corrected chi connectivity index (χ1v) is 20.2. The van der Waals surface area contributed by atoms with Crippen LogP contribution in [0.2, 0.25) is 0 Å². The van der Waals surface area contributed by atoms with Crippen LogP contribution in [-0.2, 0) is 0 Å². The second-order valence-electron chi connectivity index (χ2n) is 15.1. The Kier molecular flexibility index (Phi) is 6.35. The summed E-state index contributed by atoms with van der Waals surface area (Å²) in [5, 5.41) is 15.5. The van der Waals surface area contributed by atoms with Crippen LogP contribution in [0.15, 0.2) is 191 Å². The fourth-order valence-electron chi connectivity index (χ4n) is 9.70. The van der Waals surface area contributed by atoms with E-state index in [1.54, 1.807) is 0 Å². The molecule has 0 N–H and O–H groups in total. The molecule has 0 amide bonds. The van der Waals surface area contributed by atoms with Crippen molar-refractivity contribution in [2.75, 3.05) is 0 Å². The maximum absolute atomic E-state index is 6.90. The zero-order valence-corrected chi connectivity index (χ0v) is 31.4. The smallest absolute Gasteiger partial charge is 0.143 e. The molecule has 0 radical (unpaired) electrons. The van der Waals surface area contributed by atoms with Gasteiger partial charge in [-0.25, -0.2) is 0 Å². The van der Waals surface area contributed by atoms with Crippen LogP contribution in [0.4, 0.5) is 0 Å². The monoisotopic (exact) mass is 742 g/mol. The third-order valence-corrected chi connectivity index (χ3v) is 13.2. The summed E-state index contributed by atoms with van der Waals surface area (Å²) in [7, 11) is 0. The molecule has 0 spiro atoms. The molecule has 10 aromatic carbocycles. The first kappa shape index (κ1) is 31.1. The van der Waals surface area contributed by atoms with Gasteiger partial charge in [0.1, 0.15) is 16.7 Å². The summed E-state index contributed by atoms with van der Waals surface area (Å²) in [6.45, 7) is 0. The Morgan fingerprint density at radius 2 is 0.912 bits per heavy atom. The molecule has 3 heteroatoms.